The van der Waals surface area contributed by atoms with Gasteiger partial charge in [0, 0.05) is 11.6 Å². The number of nitrogens with zero attached hydrogens (tertiary/aromatic N) is 1. The molecule has 0 saturated carbocycles. The number of carbonyl (C=O) groups excluding carboxylic acids is 3. The average Bonchev–Trinajstić information content (AvgIpc) is 3.04. The van der Waals surface area contributed by atoms with Crippen LogP contribution < -0.4 is 19.7 Å². The molecule has 1 aliphatic rings. The van der Waals surface area contributed by atoms with Gasteiger partial charge in [-0.15, -0.1) is 0 Å². The van der Waals surface area contributed by atoms with Gasteiger partial charge in [-0.3, -0.25) is 14.4 Å². The van der Waals surface area contributed by atoms with Crippen molar-refractivity contribution >= 4 is 29.1 Å². The number of carbonyl (C=O) groups is 3. The van der Waals surface area contributed by atoms with Gasteiger partial charge in [0.1, 0.15) is 11.5 Å². The lowest BCUT2D eigenvalue weighted by molar-refractivity contribution is 0.0923. The van der Waals surface area contributed by atoms with E-state index in [0.717, 1.165) is 4.90 Å². The summed E-state index contributed by atoms with van der Waals surface area (Å²) in [6, 6.07) is 16.6. The molecule has 7 nitrogen and oxygen atoms in total. The minimum atomic E-state index is -0.413. The summed E-state index contributed by atoms with van der Waals surface area (Å²) in [7, 11) is 3.03. The maximum Gasteiger partial charge on any atom is 0.266 e. The van der Waals surface area contributed by atoms with E-state index in [0.29, 0.717) is 45.1 Å². The maximum atomic E-state index is 12.9. The predicted molar refractivity (Wildman–Crippen MR) is 116 cm³/mol. The number of nitrogens with one attached hydrogen (secondary N) is 1. The number of hydrogen-bond acceptors (Lipinski definition) is 5. The Kier molecular flexibility index (Phi) is 5.17. The number of fused-ring (bicyclic) bond motifs is 1. The van der Waals surface area contributed by atoms with E-state index in [1.807, 2.05) is 0 Å². The van der Waals surface area contributed by atoms with Crippen LogP contribution in [-0.2, 0) is 0 Å². The zero-order chi connectivity index (χ0) is 22.1. The van der Waals surface area contributed by atoms with Crippen molar-refractivity contribution in [3.63, 3.8) is 0 Å². The molecule has 1 aliphatic heterocycles. The molecule has 0 radical (unpaired) electrons. The molecule has 0 unspecified atom stereocenters. The molecule has 0 saturated heterocycles. The largest absolute Gasteiger partial charge is 0.497 e. The monoisotopic (exact) mass is 416 g/mol. The number of ether oxygens (including phenoxy) is 2. The molecule has 1 N–H and O–H groups in total. The Morgan fingerprint density at radius 2 is 1.55 bits per heavy atom. The number of rotatable bonds is 5. The Morgan fingerprint density at radius 3 is 2.16 bits per heavy atom. The number of imide groups is 1. The van der Waals surface area contributed by atoms with Crippen LogP contribution >= 0.6 is 0 Å². The van der Waals surface area contributed by atoms with Crippen molar-refractivity contribution in [1.82, 2.24) is 0 Å². The summed E-state index contributed by atoms with van der Waals surface area (Å²) in [4.78, 5) is 39.8. The van der Waals surface area contributed by atoms with E-state index in [9.17, 15) is 14.4 Å². The highest BCUT2D eigenvalue weighted by atomic mass is 16.5. The third-order valence-corrected chi connectivity index (χ3v) is 5.16. The molecule has 3 aromatic rings. The molecule has 31 heavy (non-hydrogen) atoms. The first-order valence-electron chi connectivity index (χ1n) is 9.56. The van der Waals surface area contributed by atoms with Gasteiger partial charge in [-0.2, -0.15) is 0 Å². The number of hydrogen-bond donors (Lipinski definition) is 1. The van der Waals surface area contributed by atoms with Crippen molar-refractivity contribution in [2.45, 2.75) is 6.92 Å². The Balaban J connectivity index is 1.67. The minimum Gasteiger partial charge on any atom is -0.497 e. The van der Waals surface area contributed by atoms with Gasteiger partial charge in [0.25, 0.3) is 17.7 Å². The van der Waals surface area contributed by atoms with Crippen molar-refractivity contribution in [3.05, 3.63) is 82.9 Å². The molecule has 7 heteroatoms. The molecule has 0 spiro atoms. The third-order valence-electron chi connectivity index (χ3n) is 5.16. The van der Waals surface area contributed by atoms with Crippen molar-refractivity contribution in [3.8, 4) is 11.5 Å². The van der Waals surface area contributed by atoms with E-state index in [2.05, 4.69) is 5.32 Å². The summed E-state index contributed by atoms with van der Waals surface area (Å²) in [5.41, 5.74) is 2.50. The van der Waals surface area contributed by atoms with Gasteiger partial charge in [-0.05, 0) is 48.9 Å². The van der Waals surface area contributed by atoms with E-state index in [1.165, 1.54) is 14.2 Å². The van der Waals surface area contributed by atoms with Crippen LogP contribution in [0.3, 0.4) is 0 Å². The minimum absolute atomic E-state index is 0.294. The van der Waals surface area contributed by atoms with E-state index < -0.39 is 17.7 Å². The summed E-state index contributed by atoms with van der Waals surface area (Å²) in [6.07, 6.45) is 0. The number of aryl methyl sites for hydroxylation is 1. The number of anilines is 2. The molecule has 4 rings (SSSR count). The highest BCUT2D eigenvalue weighted by molar-refractivity contribution is 6.34. The van der Waals surface area contributed by atoms with Gasteiger partial charge in [0.2, 0.25) is 0 Å². The van der Waals surface area contributed by atoms with Crippen molar-refractivity contribution in [1.29, 1.82) is 0 Å². The first kappa shape index (κ1) is 20.2. The second-order valence-corrected chi connectivity index (χ2v) is 7.01. The van der Waals surface area contributed by atoms with Gasteiger partial charge in [-0.25, -0.2) is 4.90 Å². The van der Waals surface area contributed by atoms with Crippen LogP contribution in [0.1, 0.15) is 36.6 Å². The van der Waals surface area contributed by atoms with E-state index >= 15 is 0 Å². The summed E-state index contributed by atoms with van der Waals surface area (Å²) in [6.45, 7) is 1.78. The number of methoxy groups -OCH3 is 2. The highest BCUT2D eigenvalue weighted by Gasteiger charge is 2.37. The predicted octanol–water partition coefficient (Wildman–Crippen LogP) is 4.07. The van der Waals surface area contributed by atoms with Gasteiger partial charge in [0.05, 0.1) is 36.7 Å². The topological polar surface area (TPSA) is 84.9 Å². The fourth-order valence-electron chi connectivity index (χ4n) is 3.51. The van der Waals surface area contributed by atoms with Crippen LogP contribution in [-0.4, -0.2) is 31.9 Å². The van der Waals surface area contributed by atoms with Crippen LogP contribution in [0.2, 0.25) is 0 Å². The molecular formula is C24H20N2O5. The fourth-order valence-corrected chi connectivity index (χ4v) is 3.51. The van der Waals surface area contributed by atoms with E-state index in [4.69, 9.17) is 9.47 Å². The van der Waals surface area contributed by atoms with Crippen molar-refractivity contribution in [2.24, 2.45) is 0 Å². The Bertz CT molecular complexity index is 1180. The second-order valence-electron chi connectivity index (χ2n) is 7.01. The van der Waals surface area contributed by atoms with Crippen LogP contribution in [0.5, 0.6) is 11.5 Å². The quantitative estimate of drug-likeness (QED) is 0.634. The summed E-state index contributed by atoms with van der Waals surface area (Å²) >= 11 is 0. The summed E-state index contributed by atoms with van der Waals surface area (Å²) < 4.78 is 10.5. The molecule has 3 aromatic carbocycles. The third kappa shape index (κ3) is 3.50. The zero-order valence-corrected chi connectivity index (χ0v) is 17.3. The van der Waals surface area contributed by atoms with Gasteiger partial charge in [-0.1, -0.05) is 18.2 Å². The molecule has 156 valence electrons. The van der Waals surface area contributed by atoms with Crippen LogP contribution in [0.4, 0.5) is 11.4 Å². The molecule has 0 aromatic heterocycles. The van der Waals surface area contributed by atoms with Crippen LogP contribution in [0, 0.1) is 6.92 Å². The first-order chi connectivity index (χ1) is 14.9. The molecule has 3 amide bonds. The lowest BCUT2D eigenvalue weighted by atomic mass is 10.1. The van der Waals surface area contributed by atoms with E-state index in [1.54, 1.807) is 67.6 Å². The molecule has 0 atom stereocenters. The fraction of sp³-hybridized carbons (Fsp3) is 0.125. The van der Waals surface area contributed by atoms with Gasteiger partial charge in [0.15, 0.2) is 0 Å². The average molecular weight is 416 g/mol. The van der Waals surface area contributed by atoms with Gasteiger partial charge >= 0.3 is 0 Å². The molecular weight excluding hydrogens is 396 g/mol. The lowest BCUT2D eigenvalue weighted by Crippen LogP contribution is -2.30. The van der Waals surface area contributed by atoms with Crippen molar-refractivity contribution < 1.29 is 23.9 Å². The van der Waals surface area contributed by atoms with Crippen LogP contribution in [0.25, 0.3) is 0 Å². The lowest BCUT2D eigenvalue weighted by Gasteiger charge is -2.18. The van der Waals surface area contributed by atoms with Crippen molar-refractivity contribution in [2.75, 3.05) is 24.4 Å². The number of benzene rings is 3. The van der Waals surface area contributed by atoms with E-state index in [-0.39, 0.29) is 0 Å². The highest BCUT2D eigenvalue weighted by Crippen LogP contribution is 2.32. The molecule has 0 aliphatic carbocycles. The Hall–Kier alpha value is -4.13. The first-order valence-corrected chi connectivity index (χ1v) is 9.56. The van der Waals surface area contributed by atoms with Gasteiger partial charge < -0.3 is 14.8 Å². The second kappa shape index (κ2) is 7.95. The Morgan fingerprint density at radius 1 is 0.871 bits per heavy atom. The van der Waals surface area contributed by atoms with Crippen LogP contribution in [0.15, 0.2) is 60.7 Å². The SMILES string of the molecule is COc1ccc(OC)c(NC(=O)c2ccc(C)c(N3C(=O)c4ccccc4C3=O)c2)c1. The number of amides is 3. The molecule has 0 fully saturated rings. The molecule has 0 bridgehead atoms. The zero-order valence-electron chi connectivity index (χ0n) is 17.3. The maximum absolute atomic E-state index is 12.9. The standard InChI is InChI=1S/C24H20N2O5/c1-14-8-9-15(22(27)25-19-13-16(30-2)10-11-21(19)31-3)12-20(14)26-23(28)17-6-4-5-7-18(17)24(26)29/h4-13H,1-3H3,(H,25,27). The Labute approximate surface area is 179 Å². The summed E-state index contributed by atoms with van der Waals surface area (Å²) in [5, 5.41) is 2.80. The molecule has 1 heterocycles. The smallest absolute Gasteiger partial charge is 0.266 e. The normalized spacial score (nSPS) is 12.5. The summed E-state index contributed by atoms with van der Waals surface area (Å²) in [5.74, 6) is -0.190.